The molecule has 0 atom stereocenters. The minimum Gasteiger partial charge on any atom is -0.508 e. The molecule has 1 aromatic carbocycles. The summed E-state index contributed by atoms with van der Waals surface area (Å²) in [5.41, 5.74) is 1.67. The zero-order valence-electron chi connectivity index (χ0n) is 11.6. The number of carbonyl (C=O) groups excluding carboxylic acids is 1. The average Bonchev–Trinajstić information content (AvgIpc) is 3.17. The quantitative estimate of drug-likeness (QED) is 0.759. The number of nitrogens with zero attached hydrogens (tertiary/aromatic N) is 3. The van der Waals surface area contributed by atoms with Crippen LogP contribution in [0, 0.1) is 0 Å². The zero-order chi connectivity index (χ0) is 15.4. The van der Waals surface area contributed by atoms with E-state index in [0.29, 0.717) is 18.1 Å². The number of amides is 1. The van der Waals surface area contributed by atoms with Crippen molar-refractivity contribution in [2.24, 2.45) is 0 Å². The van der Waals surface area contributed by atoms with Crippen molar-refractivity contribution in [1.82, 2.24) is 14.8 Å². The van der Waals surface area contributed by atoms with Crippen molar-refractivity contribution in [3.63, 3.8) is 0 Å². The van der Waals surface area contributed by atoms with Crippen molar-refractivity contribution in [3.8, 4) is 17.0 Å². The molecule has 3 rings (SSSR count). The van der Waals surface area contributed by atoms with Gasteiger partial charge in [0.2, 0.25) is 5.91 Å². The highest BCUT2D eigenvalue weighted by atomic mass is 32.1. The van der Waals surface area contributed by atoms with Crippen LogP contribution in [-0.2, 0) is 11.3 Å². The molecule has 0 saturated heterocycles. The van der Waals surface area contributed by atoms with Gasteiger partial charge in [0.1, 0.15) is 5.75 Å². The summed E-state index contributed by atoms with van der Waals surface area (Å²) in [5.74, 6) is 0.119. The normalized spacial score (nSPS) is 10.5. The topological polar surface area (TPSA) is 80.0 Å². The molecule has 0 unspecified atom stereocenters. The number of aromatic hydroxyl groups is 1. The third kappa shape index (κ3) is 3.50. The van der Waals surface area contributed by atoms with E-state index >= 15 is 0 Å². The Balaban J connectivity index is 1.59. The lowest BCUT2D eigenvalue weighted by Crippen LogP contribution is -2.14. The maximum Gasteiger partial charge on any atom is 0.228 e. The molecule has 0 aliphatic carbocycles. The highest BCUT2D eigenvalue weighted by Crippen LogP contribution is 2.26. The third-order valence-corrected chi connectivity index (χ3v) is 3.80. The SMILES string of the molecule is O=C(CCn1cccn1)Nc1nc(-c2ccc(O)cc2)cs1. The van der Waals surface area contributed by atoms with E-state index in [1.807, 2.05) is 17.6 Å². The number of phenolic OH excluding ortho intramolecular Hbond substituents is 1. The van der Waals surface area contributed by atoms with Gasteiger partial charge in [-0.25, -0.2) is 4.98 Å². The number of aromatic nitrogens is 3. The number of aryl methyl sites for hydroxylation is 1. The molecule has 2 N–H and O–H groups in total. The fourth-order valence-corrected chi connectivity index (χ4v) is 2.66. The van der Waals surface area contributed by atoms with Crippen molar-refractivity contribution < 1.29 is 9.90 Å². The van der Waals surface area contributed by atoms with Crippen LogP contribution in [0.4, 0.5) is 5.13 Å². The Morgan fingerprint density at radius 3 is 2.86 bits per heavy atom. The maximum absolute atomic E-state index is 11.9. The van der Waals surface area contributed by atoms with Crippen molar-refractivity contribution in [2.75, 3.05) is 5.32 Å². The summed E-state index contributed by atoms with van der Waals surface area (Å²) in [7, 11) is 0. The second kappa shape index (κ2) is 6.40. The number of hydrogen-bond acceptors (Lipinski definition) is 5. The fourth-order valence-electron chi connectivity index (χ4n) is 1.93. The van der Waals surface area contributed by atoms with Gasteiger partial charge in [-0.1, -0.05) is 0 Å². The van der Waals surface area contributed by atoms with Gasteiger partial charge >= 0.3 is 0 Å². The molecule has 0 bridgehead atoms. The summed E-state index contributed by atoms with van der Waals surface area (Å²) in [4.78, 5) is 16.3. The molecule has 7 heteroatoms. The molecule has 22 heavy (non-hydrogen) atoms. The van der Waals surface area contributed by atoms with Gasteiger partial charge in [0.25, 0.3) is 0 Å². The molecule has 6 nitrogen and oxygen atoms in total. The number of nitrogens with one attached hydrogen (secondary N) is 1. The number of rotatable bonds is 5. The first kappa shape index (κ1) is 14.3. The molecule has 0 spiro atoms. The molecule has 0 fully saturated rings. The van der Waals surface area contributed by atoms with Crippen molar-refractivity contribution in [2.45, 2.75) is 13.0 Å². The molecule has 0 aliphatic rings. The van der Waals surface area contributed by atoms with E-state index in [1.54, 1.807) is 35.1 Å². The van der Waals surface area contributed by atoms with Crippen LogP contribution in [-0.4, -0.2) is 25.8 Å². The van der Waals surface area contributed by atoms with E-state index in [0.717, 1.165) is 11.3 Å². The highest BCUT2D eigenvalue weighted by molar-refractivity contribution is 7.14. The van der Waals surface area contributed by atoms with Gasteiger partial charge in [-0.05, 0) is 30.3 Å². The molecule has 112 valence electrons. The molecule has 0 saturated carbocycles. The molecule has 2 aromatic heterocycles. The first-order valence-corrected chi connectivity index (χ1v) is 7.61. The lowest BCUT2D eigenvalue weighted by Gasteiger charge is -2.02. The van der Waals surface area contributed by atoms with E-state index in [4.69, 9.17) is 0 Å². The second-order valence-corrected chi connectivity index (χ2v) is 5.51. The Bertz CT molecular complexity index is 750. The molecule has 0 radical (unpaired) electrons. The zero-order valence-corrected chi connectivity index (χ0v) is 12.5. The van der Waals surface area contributed by atoms with Crippen LogP contribution in [0.2, 0.25) is 0 Å². The lowest BCUT2D eigenvalue weighted by atomic mass is 10.2. The number of anilines is 1. The van der Waals surface area contributed by atoms with Crippen LogP contribution in [0.3, 0.4) is 0 Å². The third-order valence-electron chi connectivity index (χ3n) is 3.04. The van der Waals surface area contributed by atoms with Crippen molar-refractivity contribution in [3.05, 3.63) is 48.1 Å². The predicted octanol–water partition coefficient (Wildman–Crippen LogP) is 2.74. The van der Waals surface area contributed by atoms with E-state index < -0.39 is 0 Å². The van der Waals surface area contributed by atoms with Gasteiger partial charge in [0.05, 0.1) is 5.69 Å². The molecular weight excluding hydrogens is 300 g/mol. The Hall–Kier alpha value is -2.67. The van der Waals surface area contributed by atoms with E-state index in [9.17, 15) is 9.90 Å². The first-order chi connectivity index (χ1) is 10.7. The summed E-state index contributed by atoms with van der Waals surface area (Å²) < 4.78 is 1.71. The van der Waals surface area contributed by atoms with Gasteiger partial charge in [0.15, 0.2) is 5.13 Å². The summed E-state index contributed by atoms with van der Waals surface area (Å²) in [5, 5.41) is 18.6. The van der Waals surface area contributed by atoms with Gasteiger partial charge in [0, 0.05) is 36.3 Å². The number of phenols is 1. The molecular formula is C15H14N4O2S. The van der Waals surface area contributed by atoms with Crippen LogP contribution in [0.1, 0.15) is 6.42 Å². The number of thiazole rings is 1. The first-order valence-electron chi connectivity index (χ1n) is 6.73. The monoisotopic (exact) mass is 314 g/mol. The van der Waals surface area contributed by atoms with E-state index in [2.05, 4.69) is 15.4 Å². The van der Waals surface area contributed by atoms with Crippen LogP contribution < -0.4 is 5.32 Å². The summed E-state index contributed by atoms with van der Waals surface area (Å²) in [6, 6.07) is 8.61. The Kier molecular flexibility index (Phi) is 4.15. The number of carbonyl (C=O) groups is 1. The standard InChI is InChI=1S/C15H14N4O2S/c20-12-4-2-11(3-5-12)13-10-22-15(17-13)18-14(21)6-9-19-8-1-7-16-19/h1-5,7-8,10,20H,6,9H2,(H,17,18,21). The van der Waals surface area contributed by atoms with Gasteiger partial charge < -0.3 is 10.4 Å². The van der Waals surface area contributed by atoms with Crippen LogP contribution in [0.5, 0.6) is 5.75 Å². The molecule has 3 aromatic rings. The predicted molar refractivity (Wildman–Crippen MR) is 84.7 cm³/mol. The highest BCUT2D eigenvalue weighted by Gasteiger charge is 2.08. The lowest BCUT2D eigenvalue weighted by molar-refractivity contribution is -0.116. The van der Waals surface area contributed by atoms with E-state index in [1.165, 1.54) is 11.3 Å². The van der Waals surface area contributed by atoms with Crippen LogP contribution in [0.25, 0.3) is 11.3 Å². The number of hydrogen-bond donors (Lipinski definition) is 2. The van der Waals surface area contributed by atoms with Crippen molar-refractivity contribution in [1.29, 1.82) is 0 Å². The number of benzene rings is 1. The molecule has 1 amide bonds. The Labute approximate surface area is 131 Å². The smallest absolute Gasteiger partial charge is 0.228 e. The van der Waals surface area contributed by atoms with Crippen LogP contribution >= 0.6 is 11.3 Å². The molecule has 0 aliphatic heterocycles. The average molecular weight is 314 g/mol. The minimum atomic E-state index is -0.0953. The van der Waals surface area contributed by atoms with Gasteiger partial charge in [-0.15, -0.1) is 11.3 Å². The van der Waals surface area contributed by atoms with Gasteiger partial charge in [-0.3, -0.25) is 9.48 Å². The summed E-state index contributed by atoms with van der Waals surface area (Å²) >= 11 is 1.37. The Morgan fingerprint density at radius 2 is 2.14 bits per heavy atom. The second-order valence-electron chi connectivity index (χ2n) is 4.65. The summed E-state index contributed by atoms with van der Waals surface area (Å²) in [6.45, 7) is 0.537. The Morgan fingerprint density at radius 1 is 1.32 bits per heavy atom. The summed E-state index contributed by atoms with van der Waals surface area (Å²) in [6.07, 6.45) is 3.85. The minimum absolute atomic E-state index is 0.0953. The maximum atomic E-state index is 11.9. The van der Waals surface area contributed by atoms with Crippen LogP contribution in [0.15, 0.2) is 48.1 Å². The molecule has 2 heterocycles. The van der Waals surface area contributed by atoms with E-state index in [-0.39, 0.29) is 11.7 Å². The largest absolute Gasteiger partial charge is 0.508 e. The van der Waals surface area contributed by atoms with Gasteiger partial charge in [-0.2, -0.15) is 5.10 Å². The van der Waals surface area contributed by atoms with Crippen molar-refractivity contribution >= 4 is 22.4 Å². The fraction of sp³-hybridized carbons (Fsp3) is 0.133.